The molecular weight excluding hydrogens is 354 g/mol. The summed E-state index contributed by atoms with van der Waals surface area (Å²) >= 11 is 1.39. The van der Waals surface area contributed by atoms with Gasteiger partial charge in [0, 0.05) is 10.9 Å². The molecule has 0 fully saturated rings. The van der Waals surface area contributed by atoms with Crippen molar-refractivity contribution in [3.8, 4) is 11.5 Å². The zero-order valence-electron chi connectivity index (χ0n) is 15.4. The fraction of sp³-hybridized carbons (Fsp3) is 0.368. The van der Waals surface area contributed by atoms with Gasteiger partial charge < -0.3 is 19.5 Å². The van der Waals surface area contributed by atoms with Crippen molar-refractivity contribution in [2.75, 3.05) is 26.1 Å². The summed E-state index contributed by atoms with van der Waals surface area (Å²) in [5.41, 5.74) is 1.60. The first-order valence-electron chi connectivity index (χ1n) is 8.26. The summed E-state index contributed by atoms with van der Waals surface area (Å²) in [6.07, 6.45) is 1.93. The Labute approximate surface area is 157 Å². The van der Waals surface area contributed by atoms with Crippen LogP contribution in [0.1, 0.15) is 33.5 Å². The Balaban J connectivity index is 1.96. The van der Waals surface area contributed by atoms with Crippen LogP contribution in [0.15, 0.2) is 24.3 Å². The second kappa shape index (κ2) is 9.24. The van der Waals surface area contributed by atoms with Gasteiger partial charge in [0.2, 0.25) is 0 Å². The lowest BCUT2D eigenvalue weighted by Crippen LogP contribution is -2.21. The maximum Gasteiger partial charge on any atom is 0.348 e. The van der Waals surface area contributed by atoms with Crippen LogP contribution in [-0.4, -0.2) is 32.7 Å². The summed E-state index contributed by atoms with van der Waals surface area (Å²) < 4.78 is 15.5. The van der Waals surface area contributed by atoms with E-state index in [0.29, 0.717) is 22.1 Å². The molecular formula is C19H23NO5S. The first-order valence-corrected chi connectivity index (χ1v) is 9.08. The predicted molar refractivity (Wildman–Crippen MR) is 102 cm³/mol. The lowest BCUT2D eigenvalue weighted by Gasteiger charge is -2.11. The number of carbonyl (C=O) groups excluding carboxylic acids is 2. The molecule has 0 atom stereocenters. The third kappa shape index (κ3) is 4.98. The zero-order chi connectivity index (χ0) is 19.1. The molecule has 1 amide bonds. The number of esters is 1. The molecule has 1 N–H and O–H groups in total. The number of hydrogen-bond donors (Lipinski definition) is 1. The van der Waals surface area contributed by atoms with Gasteiger partial charge in [0.1, 0.15) is 16.4 Å². The van der Waals surface area contributed by atoms with Gasteiger partial charge in [-0.15, -0.1) is 11.3 Å². The van der Waals surface area contributed by atoms with Gasteiger partial charge in [0.05, 0.1) is 19.9 Å². The molecule has 2 aromatic rings. The van der Waals surface area contributed by atoms with E-state index in [9.17, 15) is 9.59 Å². The van der Waals surface area contributed by atoms with E-state index in [1.165, 1.54) is 25.6 Å². The molecule has 0 spiro atoms. The topological polar surface area (TPSA) is 73.9 Å². The number of ether oxygens (including phenoxy) is 3. The van der Waals surface area contributed by atoms with Crippen molar-refractivity contribution >= 4 is 28.9 Å². The van der Waals surface area contributed by atoms with Gasteiger partial charge in [0.15, 0.2) is 6.61 Å². The van der Waals surface area contributed by atoms with Crippen molar-refractivity contribution in [3.63, 3.8) is 0 Å². The monoisotopic (exact) mass is 377 g/mol. The first-order chi connectivity index (χ1) is 12.5. The minimum Gasteiger partial charge on any atom is -0.497 e. The number of anilines is 1. The Bertz CT molecular complexity index is 784. The molecule has 0 saturated carbocycles. The molecule has 1 heterocycles. The van der Waals surface area contributed by atoms with E-state index in [0.717, 1.165) is 23.3 Å². The van der Waals surface area contributed by atoms with E-state index in [1.54, 1.807) is 18.2 Å². The molecule has 0 saturated heterocycles. The SMILES string of the molecule is CCCc1cc(C(=O)OCC(=O)Nc2cc(OC)ccc2OC)sc1C. The normalized spacial score (nSPS) is 10.3. The number of carbonyl (C=O) groups is 2. The fourth-order valence-corrected chi connectivity index (χ4v) is 3.40. The largest absolute Gasteiger partial charge is 0.497 e. The quantitative estimate of drug-likeness (QED) is 0.708. The molecule has 26 heavy (non-hydrogen) atoms. The highest BCUT2D eigenvalue weighted by molar-refractivity contribution is 7.14. The molecule has 0 unspecified atom stereocenters. The van der Waals surface area contributed by atoms with Gasteiger partial charge in [-0.1, -0.05) is 13.3 Å². The fourth-order valence-electron chi connectivity index (χ4n) is 2.44. The maximum atomic E-state index is 12.2. The summed E-state index contributed by atoms with van der Waals surface area (Å²) in [6, 6.07) is 6.89. The molecule has 0 radical (unpaired) electrons. The van der Waals surface area contributed by atoms with Gasteiger partial charge >= 0.3 is 5.97 Å². The maximum absolute atomic E-state index is 12.2. The standard InChI is InChI=1S/C19H23NO5S/c1-5-6-13-9-17(26-12(13)2)19(22)25-11-18(21)20-15-10-14(23-3)7-8-16(15)24-4/h7-10H,5-6,11H2,1-4H3,(H,20,21). The molecule has 1 aromatic heterocycles. The average molecular weight is 377 g/mol. The highest BCUT2D eigenvalue weighted by Crippen LogP contribution is 2.29. The number of thiophene rings is 1. The van der Waals surface area contributed by atoms with Crippen molar-refractivity contribution in [3.05, 3.63) is 39.6 Å². The molecule has 0 aliphatic rings. The van der Waals surface area contributed by atoms with Crippen LogP contribution in [0.25, 0.3) is 0 Å². The zero-order valence-corrected chi connectivity index (χ0v) is 16.2. The van der Waals surface area contributed by atoms with Crippen molar-refractivity contribution in [1.29, 1.82) is 0 Å². The average Bonchev–Trinajstić information content (AvgIpc) is 3.00. The number of aryl methyl sites for hydroxylation is 2. The summed E-state index contributed by atoms with van der Waals surface area (Å²) in [7, 11) is 3.04. The number of hydrogen-bond acceptors (Lipinski definition) is 6. The van der Waals surface area contributed by atoms with Crippen molar-refractivity contribution in [2.45, 2.75) is 26.7 Å². The van der Waals surface area contributed by atoms with Gasteiger partial charge in [-0.25, -0.2) is 4.79 Å². The van der Waals surface area contributed by atoms with Gasteiger partial charge in [0.25, 0.3) is 5.91 Å². The van der Waals surface area contributed by atoms with Gasteiger partial charge in [-0.05, 0) is 37.1 Å². The van der Waals surface area contributed by atoms with Crippen LogP contribution in [0.3, 0.4) is 0 Å². The molecule has 0 bridgehead atoms. The number of benzene rings is 1. The molecule has 1 aromatic carbocycles. The summed E-state index contributed by atoms with van der Waals surface area (Å²) in [5, 5.41) is 2.66. The smallest absolute Gasteiger partial charge is 0.348 e. The Morgan fingerprint density at radius 3 is 2.58 bits per heavy atom. The van der Waals surface area contributed by atoms with E-state index in [-0.39, 0.29) is 6.61 Å². The van der Waals surface area contributed by atoms with E-state index in [4.69, 9.17) is 14.2 Å². The van der Waals surface area contributed by atoms with E-state index >= 15 is 0 Å². The third-order valence-corrected chi connectivity index (χ3v) is 4.83. The Morgan fingerprint density at radius 2 is 1.92 bits per heavy atom. The van der Waals surface area contributed by atoms with Crippen LogP contribution in [0.2, 0.25) is 0 Å². The highest BCUT2D eigenvalue weighted by Gasteiger charge is 2.16. The number of nitrogens with one attached hydrogen (secondary N) is 1. The lowest BCUT2D eigenvalue weighted by atomic mass is 10.1. The minimum atomic E-state index is -0.492. The van der Waals surface area contributed by atoms with Crippen LogP contribution < -0.4 is 14.8 Å². The summed E-state index contributed by atoms with van der Waals surface area (Å²) in [6.45, 7) is 3.69. The predicted octanol–water partition coefficient (Wildman–Crippen LogP) is 3.82. The van der Waals surface area contributed by atoms with Crippen LogP contribution in [0.4, 0.5) is 5.69 Å². The lowest BCUT2D eigenvalue weighted by molar-refractivity contribution is -0.119. The van der Waals surface area contributed by atoms with E-state index in [1.807, 2.05) is 13.0 Å². The van der Waals surface area contributed by atoms with Crippen LogP contribution in [-0.2, 0) is 16.0 Å². The molecule has 140 valence electrons. The Kier molecular flexibility index (Phi) is 7.03. The first kappa shape index (κ1) is 19.8. The molecule has 0 aliphatic heterocycles. The van der Waals surface area contributed by atoms with Crippen LogP contribution in [0, 0.1) is 6.92 Å². The molecule has 7 heteroatoms. The number of methoxy groups -OCH3 is 2. The molecule has 2 rings (SSSR count). The second-order valence-corrected chi connectivity index (χ2v) is 6.89. The third-order valence-electron chi connectivity index (χ3n) is 3.76. The van der Waals surface area contributed by atoms with E-state index < -0.39 is 11.9 Å². The molecule has 0 aliphatic carbocycles. The highest BCUT2D eigenvalue weighted by atomic mass is 32.1. The Hall–Kier alpha value is -2.54. The second-order valence-electron chi connectivity index (χ2n) is 5.63. The van der Waals surface area contributed by atoms with Gasteiger partial charge in [-0.3, -0.25) is 4.79 Å². The minimum absolute atomic E-state index is 0.376. The molecule has 6 nitrogen and oxygen atoms in total. The van der Waals surface area contributed by atoms with Crippen molar-refractivity contribution in [2.24, 2.45) is 0 Å². The van der Waals surface area contributed by atoms with Crippen molar-refractivity contribution < 1.29 is 23.8 Å². The van der Waals surface area contributed by atoms with Crippen LogP contribution >= 0.6 is 11.3 Å². The Morgan fingerprint density at radius 1 is 1.15 bits per heavy atom. The summed E-state index contributed by atoms with van der Waals surface area (Å²) in [5.74, 6) is 0.124. The summed E-state index contributed by atoms with van der Waals surface area (Å²) in [4.78, 5) is 25.9. The van der Waals surface area contributed by atoms with Gasteiger partial charge in [-0.2, -0.15) is 0 Å². The number of amides is 1. The van der Waals surface area contributed by atoms with Crippen molar-refractivity contribution in [1.82, 2.24) is 0 Å². The number of rotatable bonds is 8. The van der Waals surface area contributed by atoms with Crippen LogP contribution in [0.5, 0.6) is 11.5 Å². The van der Waals surface area contributed by atoms with E-state index in [2.05, 4.69) is 12.2 Å².